The number of rotatable bonds is 3. The van der Waals surface area contributed by atoms with Gasteiger partial charge in [0.15, 0.2) is 0 Å². The summed E-state index contributed by atoms with van der Waals surface area (Å²) in [5, 5.41) is 11.8. The fraction of sp³-hybridized carbons (Fsp3) is 0.857. The lowest BCUT2D eigenvalue weighted by Gasteiger charge is -2.33. The van der Waals surface area contributed by atoms with Crippen molar-refractivity contribution in [1.29, 1.82) is 0 Å². The molecule has 1 unspecified atom stereocenters. The average Bonchev–Trinajstić information content (AvgIpc) is 2.14. The van der Waals surface area contributed by atoms with Gasteiger partial charge in [0.1, 0.15) is 0 Å². The Kier molecular flexibility index (Phi) is 3.89. The maximum Gasteiger partial charge on any atom is 0.407 e. The first-order valence-corrected chi connectivity index (χ1v) is 6.26. The van der Waals surface area contributed by atoms with Crippen LogP contribution in [0.5, 0.6) is 0 Å². The number of nitrogens with zero attached hydrogens (tertiary/aromatic N) is 1. The molecule has 0 bridgehead atoms. The molecule has 0 aromatic heterocycles. The smallest absolute Gasteiger partial charge is 0.407 e. The van der Waals surface area contributed by atoms with Gasteiger partial charge in [0.05, 0.1) is 18.9 Å². The number of carboxylic acid groups (broad SMARTS) is 1. The van der Waals surface area contributed by atoms with Crippen LogP contribution in [0.4, 0.5) is 4.79 Å². The quantitative estimate of drug-likeness (QED) is 0.607. The van der Waals surface area contributed by atoms with Gasteiger partial charge in [-0.3, -0.25) is 4.18 Å². The first kappa shape index (κ1) is 12.2. The van der Waals surface area contributed by atoms with Gasteiger partial charge in [-0.2, -0.15) is 8.42 Å². The highest BCUT2D eigenvalue weighted by atomic mass is 32.2. The fourth-order valence-electron chi connectivity index (χ4n) is 1.36. The number of hydrogen-bond donors (Lipinski definition) is 2. The lowest BCUT2D eigenvalue weighted by atomic mass is 10.2. The Labute approximate surface area is 88.1 Å². The van der Waals surface area contributed by atoms with Crippen molar-refractivity contribution < 1.29 is 22.5 Å². The summed E-state index contributed by atoms with van der Waals surface area (Å²) in [5.74, 6) is 0. The van der Waals surface area contributed by atoms with Crippen LogP contribution in [-0.2, 0) is 14.3 Å². The molecule has 88 valence electrons. The number of hydrogen-bond acceptors (Lipinski definition) is 5. The molecule has 1 aliphatic rings. The van der Waals surface area contributed by atoms with Gasteiger partial charge in [-0.25, -0.2) is 4.79 Å². The molecule has 8 heteroatoms. The first-order chi connectivity index (χ1) is 6.90. The zero-order valence-corrected chi connectivity index (χ0v) is 9.16. The molecule has 1 fully saturated rings. The summed E-state index contributed by atoms with van der Waals surface area (Å²) in [4.78, 5) is 12.0. The van der Waals surface area contributed by atoms with Crippen molar-refractivity contribution in [2.45, 2.75) is 6.04 Å². The Balaban J connectivity index is 2.54. The van der Waals surface area contributed by atoms with Crippen molar-refractivity contribution in [2.24, 2.45) is 0 Å². The van der Waals surface area contributed by atoms with Crippen LogP contribution in [-0.4, -0.2) is 63.1 Å². The maximum absolute atomic E-state index is 10.8. The SMILES string of the molecule is CS(=O)(=O)OCC1CNCCN1C(=O)O. The highest BCUT2D eigenvalue weighted by Crippen LogP contribution is 2.05. The Morgan fingerprint density at radius 2 is 2.33 bits per heavy atom. The molecule has 0 spiro atoms. The summed E-state index contributed by atoms with van der Waals surface area (Å²) in [6.45, 7) is 1.18. The maximum atomic E-state index is 10.8. The van der Waals surface area contributed by atoms with Gasteiger partial charge in [0.2, 0.25) is 0 Å². The lowest BCUT2D eigenvalue weighted by molar-refractivity contribution is 0.0917. The molecule has 0 saturated carbocycles. The van der Waals surface area contributed by atoms with Crippen LogP contribution in [0.15, 0.2) is 0 Å². The standard InChI is InChI=1S/C7H14N2O5S/c1-15(12,13)14-5-6-4-8-2-3-9(6)7(10)11/h6,8H,2-5H2,1H3,(H,10,11). The fourth-order valence-corrected chi connectivity index (χ4v) is 1.77. The van der Waals surface area contributed by atoms with Crippen LogP contribution in [0, 0.1) is 0 Å². The Morgan fingerprint density at radius 1 is 1.67 bits per heavy atom. The predicted octanol–water partition coefficient (Wildman–Crippen LogP) is -1.09. The molecule has 15 heavy (non-hydrogen) atoms. The minimum absolute atomic E-state index is 0.141. The van der Waals surface area contributed by atoms with Crippen LogP contribution in [0.25, 0.3) is 0 Å². The zero-order chi connectivity index (χ0) is 11.5. The topological polar surface area (TPSA) is 95.9 Å². The van der Waals surface area contributed by atoms with Crippen LogP contribution >= 0.6 is 0 Å². The van der Waals surface area contributed by atoms with Crippen LogP contribution in [0.1, 0.15) is 0 Å². The lowest BCUT2D eigenvalue weighted by Crippen LogP contribution is -2.55. The molecular weight excluding hydrogens is 224 g/mol. The number of nitrogens with one attached hydrogen (secondary N) is 1. The molecule has 1 aliphatic heterocycles. The summed E-state index contributed by atoms with van der Waals surface area (Å²) < 4.78 is 26.1. The van der Waals surface area contributed by atoms with Gasteiger partial charge in [0, 0.05) is 19.6 Å². The largest absolute Gasteiger partial charge is 0.465 e. The van der Waals surface area contributed by atoms with E-state index in [1.807, 2.05) is 0 Å². The van der Waals surface area contributed by atoms with Gasteiger partial charge in [-0.15, -0.1) is 0 Å². The third-order valence-corrected chi connectivity index (χ3v) is 2.63. The molecule has 2 N–H and O–H groups in total. The van der Waals surface area contributed by atoms with Gasteiger partial charge < -0.3 is 15.3 Å². The molecule has 1 atom stereocenters. The van der Waals surface area contributed by atoms with E-state index in [1.54, 1.807) is 0 Å². The minimum atomic E-state index is -3.52. The minimum Gasteiger partial charge on any atom is -0.465 e. The number of amides is 1. The van der Waals surface area contributed by atoms with E-state index in [0.29, 0.717) is 19.6 Å². The van der Waals surface area contributed by atoms with E-state index in [-0.39, 0.29) is 6.61 Å². The summed E-state index contributed by atoms with van der Waals surface area (Å²) in [7, 11) is -3.52. The molecule has 0 radical (unpaired) electrons. The summed E-state index contributed by atoms with van der Waals surface area (Å²) in [6.07, 6.45) is -0.118. The third-order valence-electron chi connectivity index (χ3n) is 2.07. The molecule has 0 aromatic rings. The van der Waals surface area contributed by atoms with Gasteiger partial charge >= 0.3 is 6.09 Å². The van der Waals surface area contributed by atoms with E-state index in [0.717, 1.165) is 6.26 Å². The Morgan fingerprint density at radius 3 is 2.87 bits per heavy atom. The molecule has 0 aliphatic carbocycles. The predicted molar refractivity (Wildman–Crippen MR) is 52.2 cm³/mol. The van der Waals surface area contributed by atoms with Crippen molar-refractivity contribution in [3.8, 4) is 0 Å². The normalized spacial score (nSPS) is 22.7. The molecular formula is C7H14N2O5S. The molecule has 1 rings (SSSR count). The highest BCUT2D eigenvalue weighted by molar-refractivity contribution is 7.85. The van der Waals surface area contributed by atoms with E-state index < -0.39 is 22.3 Å². The molecule has 7 nitrogen and oxygen atoms in total. The van der Waals surface area contributed by atoms with Crippen LogP contribution in [0.3, 0.4) is 0 Å². The van der Waals surface area contributed by atoms with Crippen molar-refractivity contribution in [2.75, 3.05) is 32.5 Å². The molecule has 1 heterocycles. The monoisotopic (exact) mass is 238 g/mol. The second-order valence-electron chi connectivity index (χ2n) is 3.32. The second-order valence-corrected chi connectivity index (χ2v) is 4.97. The van der Waals surface area contributed by atoms with Crippen LogP contribution in [0.2, 0.25) is 0 Å². The van der Waals surface area contributed by atoms with E-state index >= 15 is 0 Å². The number of carbonyl (C=O) groups is 1. The van der Waals surface area contributed by atoms with E-state index in [1.165, 1.54) is 4.90 Å². The van der Waals surface area contributed by atoms with Gasteiger partial charge in [0.25, 0.3) is 10.1 Å². The second kappa shape index (κ2) is 4.77. The third kappa shape index (κ3) is 4.02. The molecule has 1 saturated heterocycles. The molecule has 0 aromatic carbocycles. The zero-order valence-electron chi connectivity index (χ0n) is 8.34. The van der Waals surface area contributed by atoms with E-state index in [9.17, 15) is 13.2 Å². The van der Waals surface area contributed by atoms with Gasteiger partial charge in [-0.1, -0.05) is 0 Å². The molecule has 1 amide bonds. The Hall–Kier alpha value is -0.860. The first-order valence-electron chi connectivity index (χ1n) is 4.45. The van der Waals surface area contributed by atoms with Gasteiger partial charge in [-0.05, 0) is 0 Å². The summed E-state index contributed by atoms with van der Waals surface area (Å²) in [6, 6.07) is -0.453. The number of piperazine rings is 1. The van der Waals surface area contributed by atoms with E-state index in [4.69, 9.17) is 5.11 Å². The van der Waals surface area contributed by atoms with Crippen LogP contribution < -0.4 is 5.32 Å². The van der Waals surface area contributed by atoms with Crippen molar-refractivity contribution in [3.05, 3.63) is 0 Å². The summed E-state index contributed by atoms with van der Waals surface area (Å²) >= 11 is 0. The van der Waals surface area contributed by atoms with Crippen molar-refractivity contribution in [1.82, 2.24) is 10.2 Å². The van der Waals surface area contributed by atoms with Crippen molar-refractivity contribution in [3.63, 3.8) is 0 Å². The Bertz CT molecular complexity index is 328. The highest BCUT2D eigenvalue weighted by Gasteiger charge is 2.27. The van der Waals surface area contributed by atoms with E-state index in [2.05, 4.69) is 9.50 Å². The van der Waals surface area contributed by atoms with Crippen molar-refractivity contribution >= 4 is 16.2 Å². The average molecular weight is 238 g/mol. The summed E-state index contributed by atoms with van der Waals surface area (Å²) in [5.41, 5.74) is 0.